The molecule has 1 aromatic rings. The van der Waals surface area contributed by atoms with Crippen molar-refractivity contribution in [3.63, 3.8) is 0 Å². The van der Waals surface area contributed by atoms with Crippen LogP contribution >= 0.6 is 11.3 Å². The summed E-state index contributed by atoms with van der Waals surface area (Å²) in [4.78, 5) is 17.5. The summed E-state index contributed by atoms with van der Waals surface area (Å²) in [6, 6.07) is 4.43. The van der Waals surface area contributed by atoms with E-state index in [0.29, 0.717) is 12.5 Å². The van der Waals surface area contributed by atoms with E-state index in [9.17, 15) is 4.79 Å². The van der Waals surface area contributed by atoms with Gasteiger partial charge in [-0.1, -0.05) is 6.07 Å². The number of amides is 1. The van der Waals surface area contributed by atoms with Gasteiger partial charge in [0, 0.05) is 44.0 Å². The number of nitrogens with one attached hydrogen (secondary N) is 1. The zero-order valence-corrected chi connectivity index (χ0v) is 11.9. The Kier molecular flexibility index (Phi) is 4.74. The van der Waals surface area contributed by atoms with Crippen LogP contribution in [-0.2, 0) is 11.3 Å². The summed E-state index contributed by atoms with van der Waals surface area (Å²) in [5.41, 5.74) is 0. The third-order valence-electron chi connectivity index (χ3n) is 3.45. The Bertz CT molecular complexity index is 380. The second-order valence-electron chi connectivity index (χ2n) is 4.87. The summed E-state index contributed by atoms with van der Waals surface area (Å²) in [5, 5.41) is 5.39. The maximum Gasteiger partial charge on any atom is 0.224 e. The van der Waals surface area contributed by atoms with E-state index in [4.69, 9.17) is 0 Å². The first-order valence-corrected chi connectivity index (χ1v) is 7.22. The largest absolute Gasteiger partial charge is 0.341 e. The molecule has 1 saturated heterocycles. The van der Waals surface area contributed by atoms with Gasteiger partial charge in [-0.3, -0.25) is 4.79 Å². The normalized spacial score (nSPS) is 20.9. The van der Waals surface area contributed by atoms with E-state index in [-0.39, 0.29) is 5.91 Å². The third-order valence-corrected chi connectivity index (χ3v) is 4.31. The SMILES string of the molecule is CN(Cc1cccs1)C(=O)CC1CNCCN1C. The highest BCUT2D eigenvalue weighted by atomic mass is 32.1. The van der Waals surface area contributed by atoms with E-state index in [2.05, 4.69) is 23.3 Å². The second-order valence-corrected chi connectivity index (χ2v) is 5.90. The number of rotatable bonds is 4. The summed E-state index contributed by atoms with van der Waals surface area (Å²) in [7, 11) is 3.98. The number of likely N-dealkylation sites (N-methyl/N-ethyl adjacent to an activating group) is 1. The van der Waals surface area contributed by atoms with E-state index >= 15 is 0 Å². The minimum absolute atomic E-state index is 0.226. The monoisotopic (exact) mass is 267 g/mol. The molecule has 100 valence electrons. The average Bonchev–Trinajstić information content (AvgIpc) is 2.84. The van der Waals surface area contributed by atoms with Gasteiger partial charge in [-0.05, 0) is 18.5 Å². The maximum absolute atomic E-state index is 12.2. The van der Waals surface area contributed by atoms with E-state index in [1.165, 1.54) is 4.88 Å². The maximum atomic E-state index is 12.2. The summed E-state index contributed by atoms with van der Waals surface area (Å²) in [6.07, 6.45) is 0.603. The van der Waals surface area contributed by atoms with Crippen molar-refractivity contribution in [3.05, 3.63) is 22.4 Å². The van der Waals surface area contributed by atoms with Gasteiger partial charge >= 0.3 is 0 Å². The van der Waals surface area contributed by atoms with E-state index in [1.807, 2.05) is 23.4 Å². The lowest BCUT2D eigenvalue weighted by molar-refractivity contribution is -0.131. The molecule has 1 amide bonds. The van der Waals surface area contributed by atoms with Crippen molar-refractivity contribution >= 4 is 17.2 Å². The van der Waals surface area contributed by atoms with Crippen LogP contribution in [-0.4, -0.2) is 55.5 Å². The van der Waals surface area contributed by atoms with Crippen molar-refractivity contribution in [3.8, 4) is 0 Å². The Morgan fingerprint density at radius 3 is 3.17 bits per heavy atom. The van der Waals surface area contributed by atoms with Crippen molar-refractivity contribution < 1.29 is 4.79 Å². The first kappa shape index (κ1) is 13.5. The van der Waals surface area contributed by atoms with Gasteiger partial charge in [0.2, 0.25) is 5.91 Å². The number of thiophene rings is 1. The van der Waals surface area contributed by atoms with Crippen molar-refractivity contribution in [2.75, 3.05) is 33.7 Å². The molecule has 1 atom stereocenters. The highest BCUT2D eigenvalue weighted by Crippen LogP contribution is 2.13. The van der Waals surface area contributed by atoms with Crippen LogP contribution in [0.2, 0.25) is 0 Å². The molecule has 0 saturated carbocycles. The van der Waals surface area contributed by atoms with Crippen molar-refractivity contribution in [1.29, 1.82) is 0 Å². The van der Waals surface area contributed by atoms with E-state index in [1.54, 1.807) is 11.3 Å². The molecule has 0 spiro atoms. The van der Waals surface area contributed by atoms with Crippen LogP contribution in [0.3, 0.4) is 0 Å². The van der Waals surface area contributed by atoms with Crippen LogP contribution in [0.4, 0.5) is 0 Å². The molecule has 0 aromatic carbocycles. The molecule has 1 aliphatic rings. The molecule has 1 N–H and O–H groups in total. The Hall–Kier alpha value is -0.910. The van der Waals surface area contributed by atoms with Crippen LogP contribution in [0.25, 0.3) is 0 Å². The quantitative estimate of drug-likeness (QED) is 0.884. The first-order valence-electron chi connectivity index (χ1n) is 6.34. The van der Waals surface area contributed by atoms with Crippen molar-refractivity contribution in [2.45, 2.75) is 19.0 Å². The third kappa shape index (κ3) is 3.54. The predicted octanol–water partition coefficient (Wildman–Crippen LogP) is 1.00. The van der Waals surface area contributed by atoms with E-state index < -0.39 is 0 Å². The van der Waals surface area contributed by atoms with Crippen molar-refractivity contribution in [1.82, 2.24) is 15.1 Å². The van der Waals surface area contributed by atoms with Gasteiger partial charge in [0.1, 0.15) is 0 Å². The summed E-state index contributed by atoms with van der Waals surface area (Å²) in [5.74, 6) is 0.226. The van der Waals surface area contributed by atoms with Gasteiger partial charge in [-0.2, -0.15) is 0 Å². The number of carbonyl (C=O) groups is 1. The standard InChI is InChI=1S/C13H21N3OS/c1-15-6-5-14-9-11(15)8-13(17)16(2)10-12-4-3-7-18-12/h3-4,7,11,14H,5-6,8-10H2,1-2H3. The van der Waals surface area contributed by atoms with Crippen molar-refractivity contribution in [2.24, 2.45) is 0 Å². The zero-order chi connectivity index (χ0) is 13.0. The molecule has 0 bridgehead atoms. The Morgan fingerprint density at radius 1 is 1.67 bits per heavy atom. The van der Waals surface area contributed by atoms with Crippen LogP contribution in [0.15, 0.2) is 17.5 Å². The van der Waals surface area contributed by atoms with Gasteiger partial charge in [-0.25, -0.2) is 0 Å². The second kappa shape index (κ2) is 6.31. The van der Waals surface area contributed by atoms with Gasteiger partial charge in [0.25, 0.3) is 0 Å². The number of hydrogen-bond acceptors (Lipinski definition) is 4. The molecule has 1 aliphatic heterocycles. The zero-order valence-electron chi connectivity index (χ0n) is 11.1. The fourth-order valence-electron chi connectivity index (χ4n) is 2.17. The van der Waals surface area contributed by atoms with Crippen LogP contribution in [0, 0.1) is 0 Å². The summed E-state index contributed by atoms with van der Waals surface area (Å²) in [6.45, 7) is 3.67. The van der Waals surface area contributed by atoms with Crippen LogP contribution < -0.4 is 5.32 Å². The Labute approximate surface area is 113 Å². The summed E-state index contributed by atoms with van der Waals surface area (Å²) < 4.78 is 0. The number of nitrogens with zero attached hydrogens (tertiary/aromatic N) is 2. The fraction of sp³-hybridized carbons (Fsp3) is 0.615. The number of carbonyl (C=O) groups excluding carboxylic acids is 1. The molecule has 1 unspecified atom stereocenters. The average molecular weight is 267 g/mol. The molecular weight excluding hydrogens is 246 g/mol. The molecule has 18 heavy (non-hydrogen) atoms. The van der Waals surface area contributed by atoms with Gasteiger partial charge in [-0.15, -0.1) is 11.3 Å². The first-order chi connectivity index (χ1) is 8.66. The smallest absolute Gasteiger partial charge is 0.224 e. The molecule has 0 aliphatic carbocycles. The van der Waals surface area contributed by atoms with E-state index in [0.717, 1.165) is 26.2 Å². The van der Waals surface area contributed by atoms with Gasteiger partial charge in [0.15, 0.2) is 0 Å². The minimum atomic E-state index is 0.226. The number of piperazine rings is 1. The topological polar surface area (TPSA) is 35.6 Å². The number of hydrogen-bond donors (Lipinski definition) is 1. The molecular formula is C13H21N3OS. The lowest BCUT2D eigenvalue weighted by atomic mass is 10.1. The van der Waals surface area contributed by atoms with Gasteiger partial charge in [0.05, 0.1) is 6.54 Å². The Morgan fingerprint density at radius 2 is 2.50 bits per heavy atom. The molecule has 2 rings (SSSR count). The lowest BCUT2D eigenvalue weighted by Gasteiger charge is -2.33. The van der Waals surface area contributed by atoms with Crippen LogP contribution in [0.5, 0.6) is 0 Å². The highest BCUT2D eigenvalue weighted by molar-refractivity contribution is 7.09. The summed E-state index contributed by atoms with van der Waals surface area (Å²) >= 11 is 1.70. The van der Waals surface area contributed by atoms with Crippen LogP contribution in [0.1, 0.15) is 11.3 Å². The molecule has 0 radical (unpaired) electrons. The predicted molar refractivity (Wildman–Crippen MR) is 74.7 cm³/mol. The van der Waals surface area contributed by atoms with Gasteiger partial charge < -0.3 is 15.1 Å². The fourth-order valence-corrected chi connectivity index (χ4v) is 2.93. The Balaban J connectivity index is 1.83. The molecule has 1 fully saturated rings. The molecule has 2 heterocycles. The molecule has 4 nitrogen and oxygen atoms in total. The molecule has 1 aromatic heterocycles. The molecule has 5 heteroatoms. The minimum Gasteiger partial charge on any atom is -0.341 e. The highest BCUT2D eigenvalue weighted by Gasteiger charge is 2.23. The lowest BCUT2D eigenvalue weighted by Crippen LogP contribution is -2.51.